The molecule has 0 heterocycles. The normalized spacial score (nSPS) is 12.9. The molecule has 1 atom stereocenters. The lowest BCUT2D eigenvalue weighted by molar-refractivity contribution is -0.166. The molecule has 0 aromatic heterocycles. The summed E-state index contributed by atoms with van der Waals surface area (Å²) in [5.74, 6) is -0.985. The van der Waals surface area contributed by atoms with Gasteiger partial charge in [-0.25, -0.2) is 0 Å². The van der Waals surface area contributed by atoms with Crippen LogP contribution in [0.5, 0.6) is 0 Å². The van der Waals surface area contributed by atoms with Gasteiger partial charge in [0, 0.05) is 19.3 Å². The Labute approximate surface area is 488 Å². The molecule has 6 heteroatoms. The Morgan fingerprint density at radius 2 is 0.519 bits per heavy atom. The van der Waals surface area contributed by atoms with Crippen molar-refractivity contribution in [2.24, 2.45) is 0 Å². The third-order valence-corrected chi connectivity index (χ3v) is 13.9. The van der Waals surface area contributed by atoms with E-state index in [0.717, 1.165) is 96.3 Å². The fraction of sp³-hybridized carbons (Fsp3) is 0.685. The van der Waals surface area contributed by atoms with Gasteiger partial charge in [-0.2, -0.15) is 0 Å². The largest absolute Gasteiger partial charge is 0.462 e. The van der Waals surface area contributed by atoms with Crippen molar-refractivity contribution in [2.75, 3.05) is 13.2 Å². The third kappa shape index (κ3) is 64.5. The van der Waals surface area contributed by atoms with Crippen LogP contribution in [0.4, 0.5) is 0 Å². The summed E-state index contributed by atoms with van der Waals surface area (Å²) in [7, 11) is 0. The van der Waals surface area contributed by atoms with Crippen LogP contribution >= 0.6 is 0 Å². The van der Waals surface area contributed by atoms with Gasteiger partial charge in [-0.05, 0) is 116 Å². The number of unbranched alkanes of at least 4 members (excludes halogenated alkanes) is 28. The van der Waals surface area contributed by atoms with E-state index in [9.17, 15) is 14.4 Å². The van der Waals surface area contributed by atoms with Gasteiger partial charge < -0.3 is 14.2 Å². The highest BCUT2D eigenvalue weighted by molar-refractivity contribution is 5.71. The van der Waals surface area contributed by atoms with Crippen molar-refractivity contribution in [2.45, 2.75) is 309 Å². The monoisotopic (exact) mass is 1090 g/mol. The molecular weight excluding hydrogens is 973 g/mol. The molecule has 0 aromatic carbocycles. The summed E-state index contributed by atoms with van der Waals surface area (Å²) in [6.45, 7) is 6.36. The number of hydrogen-bond donors (Lipinski definition) is 0. The molecule has 450 valence electrons. The molecule has 0 fully saturated rings. The highest BCUT2D eigenvalue weighted by Gasteiger charge is 2.19. The van der Waals surface area contributed by atoms with Gasteiger partial charge in [-0.3, -0.25) is 14.4 Å². The van der Waals surface area contributed by atoms with Crippen molar-refractivity contribution < 1.29 is 28.6 Å². The number of hydrogen-bond acceptors (Lipinski definition) is 6. The maximum Gasteiger partial charge on any atom is 0.306 e. The van der Waals surface area contributed by atoms with Crippen LogP contribution in [0.25, 0.3) is 0 Å². The minimum atomic E-state index is -0.813. The summed E-state index contributed by atoms with van der Waals surface area (Å²) in [6.07, 6.45) is 92.3. The second kappa shape index (κ2) is 66.3. The molecular formula is C73H122O6. The van der Waals surface area contributed by atoms with E-state index in [1.165, 1.54) is 161 Å². The second-order valence-electron chi connectivity index (χ2n) is 21.6. The van der Waals surface area contributed by atoms with Crippen LogP contribution in [0.2, 0.25) is 0 Å². The zero-order chi connectivity index (χ0) is 57.1. The Kier molecular flexibility index (Phi) is 62.8. The number of esters is 3. The molecule has 1 unspecified atom stereocenters. The average Bonchev–Trinajstić information content (AvgIpc) is 3.45. The smallest absolute Gasteiger partial charge is 0.306 e. The van der Waals surface area contributed by atoms with Gasteiger partial charge in [-0.15, -0.1) is 0 Å². The van der Waals surface area contributed by atoms with E-state index in [-0.39, 0.29) is 37.5 Å². The quantitative estimate of drug-likeness (QED) is 0.0261. The molecule has 0 aliphatic heterocycles. The summed E-state index contributed by atoms with van der Waals surface area (Å²) in [5, 5.41) is 0. The Hall–Kier alpha value is -4.19. The van der Waals surface area contributed by atoms with Crippen LogP contribution in [-0.4, -0.2) is 37.2 Å². The van der Waals surface area contributed by atoms with Crippen molar-refractivity contribution in [1.82, 2.24) is 0 Å². The minimum Gasteiger partial charge on any atom is -0.462 e. The highest BCUT2D eigenvalue weighted by atomic mass is 16.6. The zero-order valence-electron chi connectivity index (χ0n) is 51.6. The van der Waals surface area contributed by atoms with Crippen LogP contribution in [-0.2, 0) is 28.6 Å². The van der Waals surface area contributed by atoms with Gasteiger partial charge in [0.2, 0.25) is 0 Å². The van der Waals surface area contributed by atoms with Gasteiger partial charge in [0.15, 0.2) is 6.10 Å². The Balaban J connectivity index is 4.35. The van der Waals surface area contributed by atoms with Crippen molar-refractivity contribution >= 4 is 17.9 Å². The molecule has 0 saturated carbocycles. The van der Waals surface area contributed by atoms with Gasteiger partial charge in [0.1, 0.15) is 13.2 Å². The van der Waals surface area contributed by atoms with E-state index in [4.69, 9.17) is 14.2 Å². The van der Waals surface area contributed by atoms with E-state index in [1.54, 1.807) is 0 Å². The number of rotatable bonds is 59. The van der Waals surface area contributed by atoms with E-state index in [0.29, 0.717) is 19.3 Å². The van der Waals surface area contributed by atoms with Crippen LogP contribution in [0.3, 0.4) is 0 Å². The lowest BCUT2D eigenvalue weighted by Gasteiger charge is -2.18. The van der Waals surface area contributed by atoms with Crippen LogP contribution < -0.4 is 0 Å². The van der Waals surface area contributed by atoms with Crippen molar-refractivity contribution in [3.05, 3.63) is 122 Å². The predicted octanol–water partition coefficient (Wildman–Crippen LogP) is 22.8. The van der Waals surface area contributed by atoms with Crippen LogP contribution in [0.15, 0.2) is 122 Å². The summed E-state index contributed by atoms with van der Waals surface area (Å²) in [5.41, 5.74) is 0. The van der Waals surface area contributed by atoms with Crippen LogP contribution in [0, 0.1) is 0 Å². The molecule has 6 nitrogen and oxygen atoms in total. The SMILES string of the molecule is CC/C=C\C/C=C\C/C=C\C/C=C\CCCCCCCCCCCCCCC(=O)OCC(COC(=O)CC/C=C\C/C=C\C/C=C\C/C=C\CC)OC(=O)CCCCCCCCCCCCC/C=C\C/C=C\CCCCCCC. The molecule has 0 aliphatic carbocycles. The lowest BCUT2D eigenvalue weighted by atomic mass is 10.0. The third-order valence-electron chi connectivity index (χ3n) is 13.9. The van der Waals surface area contributed by atoms with Gasteiger partial charge >= 0.3 is 17.9 Å². The highest BCUT2D eigenvalue weighted by Crippen LogP contribution is 2.16. The number of allylic oxidation sites excluding steroid dienone is 20. The molecule has 79 heavy (non-hydrogen) atoms. The first-order valence-corrected chi connectivity index (χ1v) is 33.0. The summed E-state index contributed by atoms with van der Waals surface area (Å²) in [6, 6.07) is 0. The standard InChI is InChI=1S/C73H122O6/c1-4-7-10-13-16-19-22-25-27-29-31-33-35-36-38-39-41-43-45-48-51-54-57-60-63-66-72(75)78-69-70(68-77-71(74)65-62-59-56-53-50-47-24-21-18-15-12-9-6-3)79-73(76)67-64-61-58-55-52-49-46-44-42-40-37-34-32-30-28-26-23-20-17-14-11-8-5-2/h7,9-10,12,16,18-19,21,23,25-27,30-33,47,50,56,59,70H,4-6,8,11,13-15,17,20,22,24,28-29,34-46,48-49,51-55,57-58,60-69H2,1-3H3/b10-7-,12-9-,19-16-,21-18-,26-23-,27-25-,32-30-,33-31-,50-47-,59-56-. The summed E-state index contributed by atoms with van der Waals surface area (Å²) < 4.78 is 16.9. The molecule has 0 saturated heterocycles. The molecule has 0 radical (unpaired) electrons. The Bertz CT molecular complexity index is 1640. The maximum absolute atomic E-state index is 12.9. The molecule has 0 spiro atoms. The molecule has 0 amide bonds. The van der Waals surface area contributed by atoms with Crippen LogP contribution in [0.1, 0.15) is 303 Å². The maximum atomic E-state index is 12.9. The molecule has 0 N–H and O–H groups in total. The van der Waals surface area contributed by atoms with Crippen molar-refractivity contribution in [1.29, 1.82) is 0 Å². The number of ether oxygens (including phenoxy) is 3. The summed E-state index contributed by atoms with van der Waals surface area (Å²) in [4.78, 5) is 38.3. The van der Waals surface area contributed by atoms with Gasteiger partial charge in [-0.1, -0.05) is 290 Å². The summed E-state index contributed by atoms with van der Waals surface area (Å²) >= 11 is 0. The average molecular weight is 1100 g/mol. The predicted molar refractivity (Wildman–Crippen MR) is 343 cm³/mol. The first-order valence-electron chi connectivity index (χ1n) is 33.0. The molecule has 0 rings (SSSR count). The lowest BCUT2D eigenvalue weighted by Crippen LogP contribution is -2.30. The fourth-order valence-corrected chi connectivity index (χ4v) is 9.07. The molecule has 0 aromatic rings. The van der Waals surface area contributed by atoms with E-state index in [1.807, 2.05) is 6.08 Å². The van der Waals surface area contributed by atoms with Crippen molar-refractivity contribution in [3.63, 3.8) is 0 Å². The molecule has 0 aliphatic rings. The molecule has 0 bridgehead atoms. The topological polar surface area (TPSA) is 78.9 Å². The van der Waals surface area contributed by atoms with E-state index < -0.39 is 6.10 Å². The minimum absolute atomic E-state index is 0.103. The first-order chi connectivity index (χ1) is 39.0. The van der Waals surface area contributed by atoms with E-state index in [2.05, 4.69) is 136 Å². The number of carbonyl (C=O) groups is 3. The fourth-order valence-electron chi connectivity index (χ4n) is 9.07. The van der Waals surface area contributed by atoms with Crippen molar-refractivity contribution in [3.8, 4) is 0 Å². The zero-order valence-corrected chi connectivity index (χ0v) is 51.6. The van der Waals surface area contributed by atoms with Gasteiger partial charge in [0.25, 0.3) is 0 Å². The first kappa shape index (κ1) is 74.8. The van der Waals surface area contributed by atoms with E-state index >= 15 is 0 Å². The number of carbonyl (C=O) groups excluding carboxylic acids is 3. The Morgan fingerprint density at radius 3 is 0.848 bits per heavy atom. The van der Waals surface area contributed by atoms with Gasteiger partial charge in [0.05, 0.1) is 0 Å². The Morgan fingerprint density at radius 1 is 0.266 bits per heavy atom. The second-order valence-corrected chi connectivity index (χ2v) is 21.6.